The van der Waals surface area contributed by atoms with E-state index >= 15 is 0 Å². The maximum Gasteiger partial charge on any atom is 0.0734 e. The molecule has 1 nitrogen and oxygen atoms in total. The third kappa shape index (κ3) is 2.30. The van der Waals surface area contributed by atoms with Crippen molar-refractivity contribution in [1.29, 1.82) is 0 Å². The Bertz CT molecular complexity index is 1530. The number of hydrogen-bond acceptors (Lipinski definition) is 1. The van der Waals surface area contributed by atoms with Crippen LogP contribution in [-0.2, 0) is 12.0 Å². The van der Waals surface area contributed by atoms with Gasteiger partial charge in [0.05, 0.1) is 5.41 Å². The molecule has 0 aromatic heterocycles. The van der Waals surface area contributed by atoms with E-state index in [4.69, 9.17) is 0 Å². The van der Waals surface area contributed by atoms with Crippen molar-refractivity contribution in [2.45, 2.75) is 12.0 Å². The summed E-state index contributed by atoms with van der Waals surface area (Å²) in [5.41, 5.74) is 12.3. The van der Waals surface area contributed by atoms with Crippen LogP contribution in [0.15, 0.2) is 103 Å². The molecule has 0 amide bonds. The molecule has 2 aliphatic carbocycles. The molecule has 0 aliphatic heterocycles. The van der Waals surface area contributed by atoms with Crippen molar-refractivity contribution in [3.63, 3.8) is 0 Å². The molecular weight excluding hydrogens is 398 g/mol. The quantitative estimate of drug-likeness (QED) is 0.283. The first-order valence-corrected chi connectivity index (χ1v) is 11.7. The molecule has 0 saturated heterocycles. The molecule has 1 heteroatoms. The molecule has 0 saturated carbocycles. The van der Waals surface area contributed by atoms with Gasteiger partial charge in [-0.2, -0.15) is 0 Å². The van der Waals surface area contributed by atoms with Crippen LogP contribution in [0.2, 0.25) is 0 Å². The first-order valence-electron chi connectivity index (χ1n) is 11.7. The highest BCUT2D eigenvalue weighted by Crippen LogP contribution is 2.64. The van der Waals surface area contributed by atoms with E-state index in [1.807, 2.05) is 0 Å². The summed E-state index contributed by atoms with van der Waals surface area (Å²) in [6.07, 6.45) is 0. The monoisotopic (exact) mass is 423 g/mol. The van der Waals surface area contributed by atoms with E-state index in [-0.39, 0.29) is 5.41 Å². The number of rotatable bonds is 2. The van der Waals surface area contributed by atoms with E-state index < -0.39 is 0 Å². The summed E-state index contributed by atoms with van der Waals surface area (Å²) in [4.78, 5) is 2.29. The van der Waals surface area contributed by atoms with Gasteiger partial charge in [-0.15, -0.1) is 0 Å². The Morgan fingerprint density at radius 1 is 0.545 bits per heavy atom. The van der Waals surface area contributed by atoms with Crippen LogP contribution in [0.1, 0.15) is 27.8 Å². The van der Waals surface area contributed by atoms with Crippen LogP contribution in [-0.4, -0.2) is 19.0 Å². The smallest absolute Gasteiger partial charge is 0.0734 e. The van der Waals surface area contributed by atoms with Crippen LogP contribution in [0.5, 0.6) is 0 Å². The normalized spacial score (nSPS) is 14.4. The molecule has 33 heavy (non-hydrogen) atoms. The number of hydrogen-bond donors (Lipinski definition) is 0. The minimum Gasteiger partial charge on any atom is -0.305 e. The van der Waals surface area contributed by atoms with E-state index in [2.05, 4.69) is 122 Å². The second kappa shape index (κ2) is 6.66. The van der Waals surface area contributed by atoms with Crippen molar-refractivity contribution >= 4 is 10.8 Å². The van der Waals surface area contributed by atoms with Crippen molar-refractivity contribution in [2.75, 3.05) is 14.1 Å². The molecule has 5 aromatic rings. The lowest BCUT2D eigenvalue weighted by Crippen LogP contribution is -2.28. The summed E-state index contributed by atoms with van der Waals surface area (Å²) in [6, 6.07) is 38.6. The summed E-state index contributed by atoms with van der Waals surface area (Å²) in [7, 11) is 4.33. The Morgan fingerprint density at radius 2 is 1.15 bits per heavy atom. The number of benzene rings is 5. The van der Waals surface area contributed by atoms with E-state index in [1.54, 1.807) is 0 Å². The molecule has 0 atom stereocenters. The first-order chi connectivity index (χ1) is 16.2. The summed E-state index contributed by atoms with van der Waals surface area (Å²) in [6.45, 7) is 0.918. The molecule has 0 N–H and O–H groups in total. The number of nitrogens with zero attached hydrogens (tertiary/aromatic N) is 1. The van der Waals surface area contributed by atoms with Crippen LogP contribution in [0, 0.1) is 0 Å². The average molecular weight is 424 g/mol. The summed E-state index contributed by atoms with van der Waals surface area (Å²) in [5.74, 6) is 0. The van der Waals surface area contributed by atoms with Gasteiger partial charge in [-0.1, -0.05) is 103 Å². The SMILES string of the molecule is CN(C)Cc1cccc2c1C1(c3ccccc3-c3ccccc31)c1c-2ccc2ccccc12. The lowest BCUT2D eigenvalue weighted by Gasteiger charge is -2.33. The fraction of sp³-hybridized carbons (Fsp3) is 0.125. The van der Waals surface area contributed by atoms with E-state index in [1.165, 1.54) is 60.8 Å². The Labute approximate surface area is 194 Å². The molecule has 0 radical (unpaired) electrons. The predicted octanol–water partition coefficient (Wildman–Crippen LogP) is 7.24. The number of fused-ring (bicyclic) bond motifs is 12. The highest BCUT2D eigenvalue weighted by atomic mass is 15.0. The summed E-state index contributed by atoms with van der Waals surface area (Å²) < 4.78 is 0. The van der Waals surface area contributed by atoms with Crippen molar-refractivity contribution < 1.29 is 0 Å². The van der Waals surface area contributed by atoms with Crippen LogP contribution < -0.4 is 0 Å². The van der Waals surface area contributed by atoms with Crippen molar-refractivity contribution in [1.82, 2.24) is 4.90 Å². The van der Waals surface area contributed by atoms with Gasteiger partial charge in [-0.25, -0.2) is 0 Å². The molecular formula is C32H25N. The van der Waals surface area contributed by atoms with E-state index in [9.17, 15) is 0 Å². The van der Waals surface area contributed by atoms with Crippen LogP contribution in [0.4, 0.5) is 0 Å². The lowest BCUT2D eigenvalue weighted by molar-refractivity contribution is 0.400. The minimum atomic E-state index is -0.300. The highest BCUT2D eigenvalue weighted by Gasteiger charge is 2.53. The molecule has 0 unspecified atom stereocenters. The van der Waals surface area contributed by atoms with Crippen molar-refractivity contribution in [3.8, 4) is 22.3 Å². The van der Waals surface area contributed by atoms with E-state index in [0.29, 0.717) is 0 Å². The topological polar surface area (TPSA) is 3.24 Å². The largest absolute Gasteiger partial charge is 0.305 e. The van der Waals surface area contributed by atoms with Crippen LogP contribution in [0.3, 0.4) is 0 Å². The maximum absolute atomic E-state index is 2.36. The summed E-state index contributed by atoms with van der Waals surface area (Å²) >= 11 is 0. The molecule has 0 heterocycles. The Hall–Kier alpha value is -3.68. The van der Waals surface area contributed by atoms with Gasteiger partial charge in [-0.3, -0.25) is 0 Å². The van der Waals surface area contributed by atoms with Crippen LogP contribution >= 0.6 is 0 Å². The first kappa shape index (κ1) is 18.8. The van der Waals surface area contributed by atoms with Gasteiger partial charge in [0.1, 0.15) is 0 Å². The highest BCUT2D eigenvalue weighted by molar-refractivity contribution is 6.04. The lowest BCUT2D eigenvalue weighted by atomic mass is 9.68. The zero-order valence-electron chi connectivity index (χ0n) is 19.0. The second-order valence-electron chi connectivity index (χ2n) is 9.63. The maximum atomic E-state index is 2.36. The van der Waals surface area contributed by atoms with Crippen molar-refractivity contribution in [2.24, 2.45) is 0 Å². The molecule has 0 bridgehead atoms. The molecule has 0 fully saturated rings. The zero-order chi connectivity index (χ0) is 22.2. The van der Waals surface area contributed by atoms with Gasteiger partial charge in [-0.05, 0) is 74.9 Å². The molecule has 1 spiro atoms. The van der Waals surface area contributed by atoms with Gasteiger partial charge in [0.25, 0.3) is 0 Å². The third-order valence-electron chi connectivity index (χ3n) is 7.56. The zero-order valence-corrected chi connectivity index (χ0v) is 19.0. The standard InChI is InChI=1S/C32H25N/c1-33(2)20-22-11-9-15-26-27-19-18-21-10-3-4-12-23(21)31(27)32(30(22)26)28-16-7-5-13-24(28)25-14-6-8-17-29(25)32/h3-19H,20H2,1-2H3. The molecule has 5 aromatic carbocycles. The average Bonchev–Trinajstić information content (AvgIpc) is 3.32. The predicted molar refractivity (Wildman–Crippen MR) is 138 cm³/mol. The van der Waals surface area contributed by atoms with Gasteiger partial charge in [0, 0.05) is 6.54 Å². The third-order valence-corrected chi connectivity index (χ3v) is 7.56. The Balaban J connectivity index is 1.75. The Kier molecular flexibility index (Phi) is 3.81. The van der Waals surface area contributed by atoms with Gasteiger partial charge < -0.3 is 4.90 Å². The second-order valence-corrected chi connectivity index (χ2v) is 9.63. The Morgan fingerprint density at radius 3 is 1.88 bits per heavy atom. The van der Waals surface area contributed by atoms with E-state index in [0.717, 1.165) is 6.54 Å². The van der Waals surface area contributed by atoms with Crippen LogP contribution in [0.25, 0.3) is 33.0 Å². The fourth-order valence-corrected chi connectivity index (χ4v) is 6.54. The fourth-order valence-electron chi connectivity index (χ4n) is 6.54. The van der Waals surface area contributed by atoms with Gasteiger partial charge in [0.15, 0.2) is 0 Å². The molecule has 2 aliphatic rings. The van der Waals surface area contributed by atoms with Gasteiger partial charge in [0.2, 0.25) is 0 Å². The minimum absolute atomic E-state index is 0.300. The molecule has 158 valence electrons. The van der Waals surface area contributed by atoms with Gasteiger partial charge >= 0.3 is 0 Å². The van der Waals surface area contributed by atoms with Crippen molar-refractivity contribution in [3.05, 3.63) is 131 Å². The molecule has 7 rings (SSSR count). The summed E-state index contributed by atoms with van der Waals surface area (Å²) in [5, 5.41) is 2.66.